The quantitative estimate of drug-likeness (QED) is 0.585. The Labute approximate surface area is 52.1 Å². The number of nitrogens with zero attached hydrogens (tertiary/aromatic N) is 3. The Morgan fingerprint density at radius 1 is 1.75 bits per heavy atom. The van der Waals surface area contributed by atoms with Crippen molar-refractivity contribution in [1.29, 1.82) is 0 Å². The lowest BCUT2D eigenvalue weighted by molar-refractivity contribution is 0.750. The molecule has 0 atom stereocenters. The van der Waals surface area contributed by atoms with Gasteiger partial charge in [-0.25, -0.2) is 9.67 Å². The molecule has 0 bridgehead atoms. The third-order valence-corrected chi connectivity index (χ3v) is 1.25. The predicted molar refractivity (Wildman–Crippen MR) is 33.5 cm³/mol. The van der Waals surface area contributed by atoms with E-state index in [2.05, 4.69) is 10.1 Å². The highest BCUT2D eigenvalue weighted by Gasteiger charge is 1.83. The molecule has 1 heterocycles. The number of hydrogen-bond donors (Lipinski definition) is 0. The molecule has 0 unspecified atom stereocenters. The second-order valence-electron chi connectivity index (χ2n) is 1.35. The van der Waals surface area contributed by atoms with Gasteiger partial charge < -0.3 is 0 Å². The van der Waals surface area contributed by atoms with E-state index in [1.54, 1.807) is 22.8 Å². The van der Waals surface area contributed by atoms with Crippen LogP contribution in [0.4, 0.5) is 0 Å². The highest BCUT2D eigenvalue weighted by Crippen LogP contribution is 1.94. The van der Waals surface area contributed by atoms with Crippen LogP contribution in [0.2, 0.25) is 0 Å². The van der Waals surface area contributed by atoms with Crippen molar-refractivity contribution in [2.45, 2.75) is 5.88 Å². The Kier molecular flexibility index (Phi) is 1.91. The largest absolute Gasteiger partial charge is 0.243 e. The van der Waals surface area contributed by atoms with E-state index in [4.69, 9.17) is 0 Å². The number of thioether (sulfide) groups is 1. The van der Waals surface area contributed by atoms with E-state index in [0.717, 1.165) is 5.88 Å². The summed E-state index contributed by atoms with van der Waals surface area (Å²) in [5.74, 6) is 0.889. The second-order valence-corrected chi connectivity index (χ2v) is 2.19. The lowest BCUT2D eigenvalue weighted by Crippen LogP contribution is -1.92. The fourth-order valence-electron chi connectivity index (χ4n) is 0.432. The van der Waals surface area contributed by atoms with E-state index < -0.39 is 0 Å². The van der Waals surface area contributed by atoms with Gasteiger partial charge in [-0.3, -0.25) is 0 Å². The monoisotopic (exact) mass is 129 g/mol. The van der Waals surface area contributed by atoms with Crippen LogP contribution < -0.4 is 0 Å². The van der Waals surface area contributed by atoms with E-state index in [9.17, 15) is 0 Å². The molecule has 0 spiro atoms. The van der Waals surface area contributed by atoms with Crippen molar-refractivity contribution in [3.63, 3.8) is 0 Å². The maximum Gasteiger partial charge on any atom is 0.137 e. The molecule has 0 aliphatic carbocycles. The van der Waals surface area contributed by atoms with Crippen LogP contribution in [0.15, 0.2) is 12.7 Å². The molecule has 0 amide bonds. The third-order valence-electron chi connectivity index (χ3n) is 0.728. The molecule has 0 saturated carbocycles. The van der Waals surface area contributed by atoms with Gasteiger partial charge in [0.1, 0.15) is 12.7 Å². The van der Waals surface area contributed by atoms with Crippen molar-refractivity contribution in [2.24, 2.45) is 0 Å². The summed E-state index contributed by atoms with van der Waals surface area (Å²) in [7, 11) is 0. The van der Waals surface area contributed by atoms with Crippen LogP contribution in [0.3, 0.4) is 0 Å². The van der Waals surface area contributed by atoms with Crippen LogP contribution >= 0.6 is 11.8 Å². The molecule has 1 aromatic heterocycles. The third kappa shape index (κ3) is 1.23. The molecular formula is C4H7N3S. The standard InChI is InChI=1S/C4H7N3S/c1-8-4-7-3-5-2-6-7/h2-3H,4H2,1H3. The number of aromatic nitrogens is 3. The molecule has 0 N–H and O–H groups in total. The molecule has 44 valence electrons. The summed E-state index contributed by atoms with van der Waals surface area (Å²) >= 11 is 1.72. The van der Waals surface area contributed by atoms with Crippen molar-refractivity contribution in [1.82, 2.24) is 14.8 Å². The van der Waals surface area contributed by atoms with E-state index in [0.29, 0.717) is 0 Å². The van der Waals surface area contributed by atoms with Crippen molar-refractivity contribution in [3.05, 3.63) is 12.7 Å². The zero-order valence-corrected chi connectivity index (χ0v) is 5.43. The Bertz CT molecular complexity index is 137. The van der Waals surface area contributed by atoms with Crippen LogP contribution in [0.1, 0.15) is 0 Å². The second kappa shape index (κ2) is 2.71. The molecule has 0 aliphatic rings. The molecule has 1 rings (SSSR count). The summed E-state index contributed by atoms with van der Waals surface area (Å²) in [6.45, 7) is 0. The molecule has 0 aromatic carbocycles. The lowest BCUT2D eigenvalue weighted by Gasteiger charge is -1.91. The normalized spacial score (nSPS) is 9.62. The van der Waals surface area contributed by atoms with Gasteiger partial charge in [0.15, 0.2) is 0 Å². The van der Waals surface area contributed by atoms with E-state index >= 15 is 0 Å². The van der Waals surface area contributed by atoms with Gasteiger partial charge in [-0.1, -0.05) is 0 Å². The van der Waals surface area contributed by atoms with Gasteiger partial charge in [-0.15, -0.1) is 11.8 Å². The van der Waals surface area contributed by atoms with Gasteiger partial charge in [0, 0.05) is 0 Å². The number of hydrogen-bond acceptors (Lipinski definition) is 3. The van der Waals surface area contributed by atoms with Gasteiger partial charge in [-0.05, 0) is 6.26 Å². The van der Waals surface area contributed by atoms with Crippen LogP contribution in [-0.4, -0.2) is 21.0 Å². The average molecular weight is 129 g/mol. The van der Waals surface area contributed by atoms with Gasteiger partial charge in [0.25, 0.3) is 0 Å². The Hall–Kier alpha value is -0.510. The smallest absolute Gasteiger partial charge is 0.137 e. The van der Waals surface area contributed by atoms with Gasteiger partial charge in [-0.2, -0.15) is 5.10 Å². The van der Waals surface area contributed by atoms with Crippen LogP contribution in [-0.2, 0) is 5.88 Å². The summed E-state index contributed by atoms with van der Waals surface area (Å²) < 4.78 is 1.78. The Morgan fingerprint density at radius 2 is 2.62 bits per heavy atom. The van der Waals surface area contributed by atoms with Crippen molar-refractivity contribution >= 4 is 11.8 Å². The van der Waals surface area contributed by atoms with Crippen molar-refractivity contribution in [2.75, 3.05) is 6.26 Å². The molecule has 4 heteroatoms. The van der Waals surface area contributed by atoms with Gasteiger partial charge >= 0.3 is 0 Å². The summed E-state index contributed by atoms with van der Waals surface area (Å²) in [4.78, 5) is 3.78. The minimum Gasteiger partial charge on any atom is -0.243 e. The first kappa shape index (κ1) is 5.62. The van der Waals surface area contributed by atoms with E-state index in [1.165, 1.54) is 6.33 Å². The van der Waals surface area contributed by atoms with Gasteiger partial charge in [0.05, 0.1) is 5.88 Å². The molecule has 3 nitrogen and oxygen atoms in total. The summed E-state index contributed by atoms with van der Waals surface area (Å²) in [6.07, 6.45) is 5.27. The fraction of sp³-hybridized carbons (Fsp3) is 0.500. The minimum atomic E-state index is 0.889. The molecule has 0 radical (unpaired) electrons. The minimum absolute atomic E-state index is 0.889. The summed E-state index contributed by atoms with van der Waals surface area (Å²) in [5, 5.41) is 3.89. The predicted octanol–water partition coefficient (Wildman–Crippen LogP) is 0.599. The first-order valence-corrected chi connectivity index (χ1v) is 3.64. The molecule has 8 heavy (non-hydrogen) atoms. The maximum absolute atomic E-state index is 3.89. The maximum atomic E-state index is 3.89. The SMILES string of the molecule is CSCn1cncn1. The molecule has 1 aromatic rings. The van der Waals surface area contributed by atoms with Crippen LogP contribution in [0.5, 0.6) is 0 Å². The Morgan fingerprint density at radius 3 is 3.12 bits per heavy atom. The van der Waals surface area contributed by atoms with E-state index in [-0.39, 0.29) is 0 Å². The number of rotatable bonds is 2. The highest BCUT2D eigenvalue weighted by molar-refractivity contribution is 7.97. The lowest BCUT2D eigenvalue weighted by atomic mass is 11.2. The average Bonchev–Trinajstić information content (AvgIpc) is 2.19. The zero-order valence-electron chi connectivity index (χ0n) is 4.61. The molecule has 0 fully saturated rings. The van der Waals surface area contributed by atoms with Crippen molar-refractivity contribution < 1.29 is 0 Å². The fourth-order valence-corrected chi connectivity index (χ4v) is 0.830. The first-order chi connectivity index (χ1) is 3.93. The first-order valence-electron chi connectivity index (χ1n) is 2.25. The topological polar surface area (TPSA) is 30.7 Å². The molecule has 0 aliphatic heterocycles. The Balaban J connectivity index is 2.50. The van der Waals surface area contributed by atoms with Crippen LogP contribution in [0.25, 0.3) is 0 Å². The highest BCUT2D eigenvalue weighted by atomic mass is 32.2. The van der Waals surface area contributed by atoms with Crippen LogP contribution in [0, 0.1) is 0 Å². The van der Waals surface area contributed by atoms with Crippen molar-refractivity contribution in [3.8, 4) is 0 Å². The summed E-state index contributed by atoms with van der Waals surface area (Å²) in [5.41, 5.74) is 0. The summed E-state index contributed by atoms with van der Waals surface area (Å²) in [6, 6.07) is 0. The zero-order chi connectivity index (χ0) is 5.82. The van der Waals surface area contributed by atoms with Gasteiger partial charge in [0.2, 0.25) is 0 Å². The van der Waals surface area contributed by atoms with E-state index in [1.807, 2.05) is 6.26 Å². The molecule has 0 saturated heterocycles. The molecular weight excluding hydrogens is 122 g/mol.